The highest BCUT2D eigenvalue weighted by Gasteiger charge is 2.31. The van der Waals surface area contributed by atoms with Gasteiger partial charge in [-0.25, -0.2) is 4.79 Å². The summed E-state index contributed by atoms with van der Waals surface area (Å²) in [5, 5.41) is 8.73. The monoisotopic (exact) mass is 288 g/mol. The number of carbonyl (C=O) groups is 2. The first-order valence-corrected chi connectivity index (χ1v) is 7.46. The highest BCUT2D eigenvalue weighted by Crippen LogP contribution is 2.27. The quantitative estimate of drug-likeness (QED) is 0.928. The Balaban J connectivity index is 1.55. The molecule has 2 aliphatic heterocycles. The molecule has 1 aromatic carbocycles. The summed E-state index contributed by atoms with van der Waals surface area (Å²) >= 11 is 0. The number of fused-ring (bicyclic) bond motifs is 1. The van der Waals surface area contributed by atoms with Gasteiger partial charge in [-0.15, -0.1) is 0 Å². The van der Waals surface area contributed by atoms with Crippen molar-refractivity contribution < 1.29 is 14.7 Å². The van der Waals surface area contributed by atoms with E-state index < -0.39 is 5.97 Å². The summed E-state index contributed by atoms with van der Waals surface area (Å²) in [6.07, 6.45) is 1.78. The third kappa shape index (κ3) is 3.01. The molecule has 1 unspecified atom stereocenters. The van der Waals surface area contributed by atoms with Crippen molar-refractivity contribution >= 4 is 12.0 Å². The zero-order chi connectivity index (χ0) is 14.8. The molecule has 1 N–H and O–H groups in total. The van der Waals surface area contributed by atoms with Crippen LogP contribution in [-0.4, -0.2) is 40.0 Å². The van der Waals surface area contributed by atoms with E-state index in [9.17, 15) is 9.59 Å². The molecular weight excluding hydrogens is 268 g/mol. The summed E-state index contributed by atoms with van der Waals surface area (Å²) in [6.45, 7) is 2.81. The Labute approximate surface area is 124 Å². The van der Waals surface area contributed by atoms with E-state index >= 15 is 0 Å². The van der Waals surface area contributed by atoms with Gasteiger partial charge < -0.3 is 14.9 Å². The fourth-order valence-electron chi connectivity index (χ4n) is 3.24. The van der Waals surface area contributed by atoms with Crippen LogP contribution in [0, 0.1) is 5.92 Å². The molecule has 112 valence electrons. The Hall–Kier alpha value is -2.04. The van der Waals surface area contributed by atoms with Gasteiger partial charge in [0.15, 0.2) is 0 Å². The Morgan fingerprint density at radius 1 is 1.14 bits per heavy atom. The third-order valence-corrected chi connectivity index (χ3v) is 4.43. The molecule has 5 heteroatoms. The van der Waals surface area contributed by atoms with Gasteiger partial charge in [0.05, 0.1) is 0 Å². The summed E-state index contributed by atoms with van der Waals surface area (Å²) in [7, 11) is 0. The number of rotatable bonds is 3. The van der Waals surface area contributed by atoms with Crippen molar-refractivity contribution in [2.75, 3.05) is 13.1 Å². The van der Waals surface area contributed by atoms with Gasteiger partial charge in [-0.05, 0) is 29.9 Å². The van der Waals surface area contributed by atoms with E-state index in [0.29, 0.717) is 32.0 Å². The average Bonchev–Trinajstić information content (AvgIpc) is 3.11. The maximum atomic E-state index is 12.5. The molecule has 1 fully saturated rings. The maximum absolute atomic E-state index is 12.5. The second-order valence-electron chi connectivity index (χ2n) is 5.94. The second-order valence-corrected chi connectivity index (χ2v) is 5.94. The van der Waals surface area contributed by atoms with Gasteiger partial charge >= 0.3 is 12.0 Å². The highest BCUT2D eigenvalue weighted by atomic mass is 16.4. The van der Waals surface area contributed by atoms with Crippen LogP contribution in [0.3, 0.4) is 0 Å². The Bertz CT molecular complexity index is 533. The number of nitrogens with zero attached hydrogens (tertiary/aromatic N) is 2. The smallest absolute Gasteiger partial charge is 0.320 e. The summed E-state index contributed by atoms with van der Waals surface area (Å²) < 4.78 is 0. The largest absolute Gasteiger partial charge is 0.481 e. The molecule has 2 amide bonds. The minimum absolute atomic E-state index is 0.0871. The number of likely N-dealkylation sites (tertiary alicyclic amines) is 1. The molecule has 0 saturated carbocycles. The number of carbonyl (C=O) groups excluding carboxylic acids is 1. The minimum atomic E-state index is -0.755. The lowest BCUT2D eigenvalue weighted by Gasteiger charge is -2.24. The molecule has 0 spiro atoms. The van der Waals surface area contributed by atoms with Crippen molar-refractivity contribution in [2.24, 2.45) is 5.92 Å². The molecule has 1 saturated heterocycles. The van der Waals surface area contributed by atoms with Crippen LogP contribution in [0.15, 0.2) is 24.3 Å². The molecule has 1 atom stereocenters. The van der Waals surface area contributed by atoms with Crippen LogP contribution < -0.4 is 0 Å². The van der Waals surface area contributed by atoms with E-state index in [2.05, 4.69) is 12.1 Å². The lowest BCUT2D eigenvalue weighted by molar-refractivity contribution is -0.137. The van der Waals surface area contributed by atoms with Crippen LogP contribution in [-0.2, 0) is 17.9 Å². The fourth-order valence-corrected chi connectivity index (χ4v) is 3.24. The Kier molecular flexibility index (Phi) is 3.82. The summed E-state index contributed by atoms with van der Waals surface area (Å²) in [4.78, 5) is 26.9. The minimum Gasteiger partial charge on any atom is -0.481 e. The van der Waals surface area contributed by atoms with Crippen molar-refractivity contribution in [3.63, 3.8) is 0 Å². The van der Waals surface area contributed by atoms with Gasteiger partial charge in [0.2, 0.25) is 0 Å². The van der Waals surface area contributed by atoms with Crippen LogP contribution in [0.2, 0.25) is 0 Å². The number of hydrogen-bond acceptors (Lipinski definition) is 2. The molecule has 0 radical (unpaired) electrons. The Morgan fingerprint density at radius 2 is 1.81 bits per heavy atom. The number of carboxylic acids is 1. The average molecular weight is 288 g/mol. The van der Waals surface area contributed by atoms with Crippen molar-refractivity contribution in [3.05, 3.63) is 35.4 Å². The molecule has 21 heavy (non-hydrogen) atoms. The number of amides is 2. The highest BCUT2D eigenvalue weighted by molar-refractivity contribution is 5.75. The SMILES string of the molecule is O=C(O)CCC1CCN(C(=O)N2Cc3ccccc3C2)C1. The first kappa shape index (κ1) is 13.9. The summed E-state index contributed by atoms with van der Waals surface area (Å²) in [5.74, 6) is -0.426. The zero-order valence-corrected chi connectivity index (χ0v) is 12.0. The standard InChI is InChI=1S/C16H20N2O3/c19-15(20)6-5-12-7-8-17(9-12)16(21)18-10-13-3-1-2-4-14(13)11-18/h1-4,12H,5-11H2,(H,19,20). The van der Waals surface area contributed by atoms with Crippen molar-refractivity contribution in [1.82, 2.24) is 9.80 Å². The molecule has 3 rings (SSSR count). The van der Waals surface area contributed by atoms with E-state index in [1.165, 1.54) is 11.1 Å². The van der Waals surface area contributed by atoms with Gasteiger partial charge in [0, 0.05) is 32.6 Å². The Morgan fingerprint density at radius 3 is 2.43 bits per heavy atom. The van der Waals surface area contributed by atoms with Gasteiger partial charge in [0.1, 0.15) is 0 Å². The van der Waals surface area contributed by atoms with E-state index in [4.69, 9.17) is 5.11 Å². The maximum Gasteiger partial charge on any atom is 0.320 e. The molecular formula is C16H20N2O3. The molecule has 0 aromatic heterocycles. The third-order valence-electron chi connectivity index (χ3n) is 4.43. The molecule has 0 bridgehead atoms. The summed E-state index contributed by atoms with van der Waals surface area (Å²) in [5.41, 5.74) is 2.46. The molecule has 2 aliphatic rings. The van der Waals surface area contributed by atoms with Crippen LogP contribution in [0.4, 0.5) is 4.79 Å². The van der Waals surface area contributed by atoms with Gasteiger partial charge in [-0.1, -0.05) is 24.3 Å². The lowest BCUT2D eigenvalue weighted by atomic mass is 10.0. The van der Waals surface area contributed by atoms with E-state index in [1.54, 1.807) is 0 Å². The molecule has 2 heterocycles. The lowest BCUT2D eigenvalue weighted by Crippen LogP contribution is -2.39. The second kappa shape index (κ2) is 5.76. The van der Waals surface area contributed by atoms with Gasteiger partial charge in [-0.2, -0.15) is 0 Å². The topological polar surface area (TPSA) is 60.9 Å². The predicted octanol–water partition coefficient (Wildman–Crippen LogP) is 2.31. The number of urea groups is 1. The number of hydrogen-bond donors (Lipinski definition) is 1. The van der Waals surface area contributed by atoms with Crippen molar-refractivity contribution in [2.45, 2.75) is 32.4 Å². The van der Waals surface area contributed by atoms with Gasteiger partial charge in [0.25, 0.3) is 0 Å². The molecule has 0 aliphatic carbocycles. The predicted molar refractivity (Wildman–Crippen MR) is 77.6 cm³/mol. The van der Waals surface area contributed by atoms with Crippen LogP contribution in [0.25, 0.3) is 0 Å². The normalized spacial score (nSPS) is 20.7. The fraction of sp³-hybridized carbons (Fsp3) is 0.500. The van der Waals surface area contributed by atoms with Crippen molar-refractivity contribution in [3.8, 4) is 0 Å². The van der Waals surface area contributed by atoms with Crippen LogP contribution in [0.5, 0.6) is 0 Å². The van der Waals surface area contributed by atoms with E-state index in [-0.39, 0.29) is 12.5 Å². The first-order valence-electron chi connectivity index (χ1n) is 7.46. The number of aliphatic carboxylic acids is 1. The zero-order valence-electron chi connectivity index (χ0n) is 12.0. The number of benzene rings is 1. The van der Waals surface area contributed by atoms with Crippen LogP contribution >= 0.6 is 0 Å². The van der Waals surface area contributed by atoms with E-state index in [0.717, 1.165) is 13.0 Å². The van der Waals surface area contributed by atoms with Crippen LogP contribution in [0.1, 0.15) is 30.4 Å². The summed E-state index contributed by atoms with van der Waals surface area (Å²) in [6, 6.07) is 8.24. The molecule has 5 nitrogen and oxygen atoms in total. The van der Waals surface area contributed by atoms with Gasteiger partial charge in [-0.3, -0.25) is 4.79 Å². The van der Waals surface area contributed by atoms with E-state index in [1.807, 2.05) is 21.9 Å². The first-order chi connectivity index (χ1) is 10.1. The number of carboxylic acid groups (broad SMARTS) is 1. The molecule has 1 aromatic rings. The van der Waals surface area contributed by atoms with Crippen molar-refractivity contribution in [1.29, 1.82) is 0 Å².